The van der Waals surface area contributed by atoms with Crippen LogP contribution in [-0.4, -0.2) is 57.4 Å². The summed E-state index contributed by atoms with van der Waals surface area (Å²) in [6, 6.07) is 0.313. The van der Waals surface area contributed by atoms with E-state index in [-0.39, 0.29) is 0 Å². The first kappa shape index (κ1) is 23.1. The zero-order chi connectivity index (χ0) is 20.6. The van der Waals surface area contributed by atoms with Crippen LogP contribution in [0.5, 0.6) is 17.2 Å². The molecule has 1 aromatic rings. The van der Waals surface area contributed by atoms with Crippen molar-refractivity contribution in [2.24, 2.45) is 0 Å². The van der Waals surface area contributed by atoms with E-state index in [0.717, 1.165) is 25.7 Å². The molecule has 1 unspecified atom stereocenters. The molecule has 0 fully saturated rings. The second-order valence-electron chi connectivity index (χ2n) is 7.05. The number of unbranched alkanes of at least 4 members (excludes halogenated alkanes) is 2. The highest BCUT2D eigenvalue weighted by Crippen LogP contribution is 2.46. The number of methoxy groups -OCH3 is 3. The second-order valence-corrected chi connectivity index (χ2v) is 7.05. The first-order chi connectivity index (χ1) is 12.8. The zero-order valence-electron chi connectivity index (χ0n) is 17.8. The molecule has 0 aliphatic carbocycles. The second kappa shape index (κ2) is 11.0. The third kappa shape index (κ3) is 5.51. The Morgan fingerprint density at radius 3 is 1.89 bits per heavy atom. The molecule has 0 aliphatic rings. The number of carbonyl (C=O) groups is 1. The molecule has 0 amide bonds. The molecule has 0 saturated carbocycles. The van der Waals surface area contributed by atoms with Crippen molar-refractivity contribution in [2.45, 2.75) is 58.4 Å². The van der Waals surface area contributed by atoms with Crippen LogP contribution in [0, 0.1) is 0 Å². The Morgan fingerprint density at radius 2 is 1.48 bits per heavy atom. The van der Waals surface area contributed by atoms with Crippen LogP contribution in [-0.2, 0) is 12.8 Å². The molecule has 1 N–H and O–H groups in total. The highest BCUT2D eigenvalue weighted by Gasteiger charge is 2.29. The van der Waals surface area contributed by atoms with Gasteiger partial charge in [0.2, 0.25) is 5.75 Å². The Hall–Kier alpha value is -1.95. The molecule has 0 heterocycles. The van der Waals surface area contributed by atoms with Crippen molar-refractivity contribution in [3.05, 3.63) is 16.7 Å². The molecule has 154 valence electrons. The number of hydrogen-bond acceptors (Lipinski definition) is 5. The van der Waals surface area contributed by atoms with Gasteiger partial charge in [-0.1, -0.05) is 19.8 Å². The van der Waals surface area contributed by atoms with Gasteiger partial charge in [0.1, 0.15) is 0 Å². The summed E-state index contributed by atoms with van der Waals surface area (Å²) in [5.41, 5.74) is 1.68. The van der Waals surface area contributed by atoms with Gasteiger partial charge in [0.05, 0.1) is 26.9 Å². The van der Waals surface area contributed by atoms with Crippen molar-refractivity contribution in [1.82, 2.24) is 4.90 Å². The third-order valence-corrected chi connectivity index (χ3v) is 5.11. The standard InChI is InChI=1S/C21H35NO5/c1-8-9-10-11-15-17(21(23)24)16(13-12-14(2)22(3)4)19(26-6)20(27-7)18(15)25-5/h14H,8-13H2,1-7H3,(H,23,24). The van der Waals surface area contributed by atoms with E-state index in [1.165, 1.54) is 0 Å². The Balaban J connectivity index is 3.59. The lowest BCUT2D eigenvalue weighted by molar-refractivity contribution is 0.0693. The number of ether oxygens (including phenoxy) is 3. The number of carboxylic acids is 1. The molecule has 0 radical (unpaired) electrons. The topological polar surface area (TPSA) is 68.2 Å². The van der Waals surface area contributed by atoms with Gasteiger partial charge >= 0.3 is 5.97 Å². The highest BCUT2D eigenvalue weighted by atomic mass is 16.5. The van der Waals surface area contributed by atoms with Crippen LogP contribution in [0.2, 0.25) is 0 Å². The predicted octanol–water partition coefficient (Wildman–Crippen LogP) is 4.03. The van der Waals surface area contributed by atoms with Crippen molar-refractivity contribution in [2.75, 3.05) is 35.4 Å². The van der Waals surface area contributed by atoms with E-state index in [9.17, 15) is 9.90 Å². The van der Waals surface area contributed by atoms with Crippen LogP contribution in [0.15, 0.2) is 0 Å². The van der Waals surface area contributed by atoms with Crippen LogP contribution >= 0.6 is 0 Å². The van der Waals surface area contributed by atoms with Crippen LogP contribution in [0.3, 0.4) is 0 Å². The molecule has 0 aromatic heterocycles. The lowest BCUT2D eigenvalue weighted by Crippen LogP contribution is -2.25. The molecular formula is C21H35NO5. The summed E-state index contributed by atoms with van der Waals surface area (Å²) in [6.07, 6.45) is 5.03. The smallest absolute Gasteiger partial charge is 0.336 e. The van der Waals surface area contributed by atoms with Gasteiger partial charge in [-0.3, -0.25) is 0 Å². The van der Waals surface area contributed by atoms with Crippen molar-refractivity contribution in [1.29, 1.82) is 0 Å². The van der Waals surface area contributed by atoms with E-state index < -0.39 is 5.97 Å². The van der Waals surface area contributed by atoms with Crippen LogP contribution < -0.4 is 14.2 Å². The van der Waals surface area contributed by atoms with E-state index >= 15 is 0 Å². The molecule has 6 nitrogen and oxygen atoms in total. The molecule has 1 aromatic carbocycles. The number of aromatic carboxylic acids is 1. The first-order valence-corrected chi connectivity index (χ1v) is 9.57. The van der Waals surface area contributed by atoms with E-state index in [1.807, 2.05) is 14.1 Å². The maximum absolute atomic E-state index is 12.2. The fourth-order valence-electron chi connectivity index (χ4n) is 3.30. The van der Waals surface area contributed by atoms with Crippen molar-refractivity contribution in [3.63, 3.8) is 0 Å². The van der Waals surface area contributed by atoms with Gasteiger partial charge in [-0.2, -0.15) is 0 Å². The minimum absolute atomic E-state index is 0.298. The number of benzene rings is 1. The predicted molar refractivity (Wildman–Crippen MR) is 108 cm³/mol. The van der Waals surface area contributed by atoms with E-state index in [1.54, 1.807) is 21.3 Å². The minimum atomic E-state index is -0.951. The lowest BCUT2D eigenvalue weighted by Gasteiger charge is -2.24. The summed E-state index contributed by atoms with van der Waals surface area (Å²) >= 11 is 0. The van der Waals surface area contributed by atoms with Gasteiger partial charge in [0, 0.05) is 17.2 Å². The maximum atomic E-state index is 12.2. The summed E-state index contributed by atoms with van der Waals surface area (Å²) < 4.78 is 16.7. The van der Waals surface area contributed by atoms with E-state index in [2.05, 4.69) is 18.7 Å². The normalized spacial score (nSPS) is 12.1. The monoisotopic (exact) mass is 381 g/mol. The number of carboxylic acid groups (broad SMARTS) is 1. The molecule has 0 bridgehead atoms. The highest BCUT2D eigenvalue weighted by molar-refractivity contribution is 5.94. The van der Waals surface area contributed by atoms with Gasteiger partial charge in [-0.25, -0.2) is 4.79 Å². The summed E-state index contributed by atoms with van der Waals surface area (Å²) in [6.45, 7) is 4.24. The van der Waals surface area contributed by atoms with E-state index in [0.29, 0.717) is 52.8 Å². The third-order valence-electron chi connectivity index (χ3n) is 5.11. The molecule has 0 spiro atoms. The molecular weight excluding hydrogens is 346 g/mol. The number of hydrogen-bond donors (Lipinski definition) is 1. The van der Waals surface area contributed by atoms with Gasteiger partial charge in [0.15, 0.2) is 11.5 Å². The van der Waals surface area contributed by atoms with Crippen molar-refractivity contribution < 1.29 is 24.1 Å². The molecule has 27 heavy (non-hydrogen) atoms. The van der Waals surface area contributed by atoms with Gasteiger partial charge in [-0.15, -0.1) is 0 Å². The van der Waals surface area contributed by atoms with Gasteiger partial charge < -0.3 is 24.2 Å². The first-order valence-electron chi connectivity index (χ1n) is 9.57. The summed E-state index contributed by atoms with van der Waals surface area (Å²) in [5.74, 6) is 0.446. The molecule has 0 saturated heterocycles. The van der Waals surface area contributed by atoms with Crippen LogP contribution in [0.1, 0.15) is 61.0 Å². The average molecular weight is 382 g/mol. The molecule has 1 rings (SSSR count). The van der Waals surface area contributed by atoms with Crippen molar-refractivity contribution >= 4 is 5.97 Å². The molecule has 6 heteroatoms. The van der Waals surface area contributed by atoms with E-state index in [4.69, 9.17) is 14.2 Å². The largest absolute Gasteiger partial charge is 0.492 e. The quantitative estimate of drug-likeness (QED) is 0.552. The number of nitrogens with zero attached hydrogens (tertiary/aromatic N) is 1. The average Bonchev–Trinajstić information content (AvgIpc) is 2.64. The summed E-state index contributed by atoms with van der Waals surface area (Å²) in [5, 5.41) is 10.0. The maximum Gasteiger partial charge on any atom is 0.336 e. The SMILES string of the molecule is CCCCCc1c(OC)c(OC)c(OC)c(CCC(C)N(C)C)c1C(=O)O. The molecule has 1 atom stereocenters. The van der Waals surface area contributed by atoms with Crippen molar-refractivity contribution in [3.8, 4) is 17.2 Å². The minimum Gasteiger partial charge on any atom is -0.492 e. The van der Waals surface area contributed by atoms with Gasteiger partial charge in [0.25, 0.3) is 0 Å². The summed E-state index contributed by atoms with van der Waals surface area (Å²) in [4.78, 5) is 14.3. The Kier molecular flexibility index (Phi) is 9.43. The zero-order valence-corrected chi connectivity index (χ0v) is 17.8. The summed E-state index contributed by atoms with van der Waals surface area (Å²) in [7, 11) is 8.68. The Labute approximate surface area is 163 Å². The Morgan fingerprint density at radius 1 is 0.963 bits per heavy atom. The lowest BCUT2D eigenvalue weighted by atomic mass is 9.90. The van der Waals surface area contributed by atoms with Gasteiger partial charge in [-0.05, 0) is 46.7 Å². The fourth-order valence-corrected chi connectivity index (χ4v) is 3.30. The number of rotatable bonds is 12. The van der Waals surface area contributed by atoms with Crippen LogP contribution in [0.4, 0.5) is 0 Å². The molecule has 0 aliphatic heterocycles. The van der Waals surface area contributed by atoms with Crippen LogP contribution in [0.25, 0.3) is 0 Å². The Bertz CT molecular complexity index is 628. The fraction of sp³-hybridized carbons (Fsp3) is 0.667.